The van der Waals surface area contributed by atoms with Crippen LogP contribution in [0.2, 0.25) is 0 Å². The predicted molar refractivity (Wildman–Crippen MR) is 133 cm³/mol. The molecule has 0 aromatic heterocycles. The van der Waals surface area contributed by atoms with Gasteiger partial charge in [-0.25, -0.2) is 8.42 Å². The number of sulfonamides is 1. The molecule has 0 radical (unpaired) electrons. The zero-order valence-electron chi connectivity index (χ0n) is 20.4. The van der Waals surface area contributed by atoms with E-state index < -0.39 is 28.1 Å². The number of nitrogens with one attached hydrogen (secondary N) is 2. The molecule has 0 aliphatic carbocycles. The summed E-state index contributed by atoms with van der Waals surface area (Å²) in [5.74, 6) is 0.477. The maximum Gasteiger partial charge on any atom is 0.258 e. The molecule has 2 aromatic rings. The van der Waals surface area contributed by atoms with Crippen LogP contribution in [0, 0.1) is 0 Å². The lowest BCUT2D eigenvalue weighted by atomic mass is 10.1. The molecule has 3 aliphatic heterocycles. The Morgan fingerprint density at radius 3 is 2.61 bits per heavy atom. The number of carbonyl (C=O) groups is 2. The first-order valence-corrected chi connectivity index (χ1v) is 13.5. The standard InChI is InChI=1S/C25H31N3O7S/c1-3-4-11-36(31,32)28-14-20-23(15-28)35-19-8-5-17(6-9-19)13-26-24(29)16-34-22-12-18(25(30)27-20)7-10-21(22)33-2/h5-10,12,20,23H,3-4,11,13-16H2,1-2H3,(H,26,29)(H,27,30)/t20-,23-/m0/s1. The normalized spacial score (nSPS) is 20.9. The van der Waals surface area contributed by atoms with Gasteiger partial charge in [-0.3, -0.25) is 9.59 Å². The van der Waals surface area contributed by atoms with Crippen LogP contribution in [0.25, 0.3) is 0 Å². The second-order valence-corrected chi connectivity index (χ2v) is 10.9. The van der Waals surface area contributed by atoms with Gasteiger partial charge in [0.05, 0.1) is 25.4 Å². The molecule has 4 bridgehead atoms. The second kappa shape index (κ2) is 11.2. The summed E-state index contributed by atoms with van der Waals surface area (Å²) in [6, 6.07) is 11.2. The summed E-state index contributed by atoms with van der Waals surface area (Å²) >= 11 is 0. The highest BCUT2D eigenvalue weighted by atomic mass is 32.2. The summed E-state index contributed by atoms with van der Waals surface area (Å²) in [5, 5.41) is 5.72. The van der Waals surface area contributed by atoms with Crippen molar-refractivity contribution >= 4 is 21.8 Å². The van der Waals surface area contributed by atoms with E-state index in [1.807, 2.05) is 19.1 Å². The third-order valence-electron chi connectivity index (χ3n) is 6.18. The lowest BCUT2D eigenvalue weighted by molar-refractivity contribution is -0.123. The maximum absolute atomic E-state index is 13.2. The number of nitrogens with zero attached hydrogens (tertiary/aromatic N) is 1. The van der Waals surface area contributed by atoms with Gasteiger partial charge in [-0.1, -0.05) is 25.5 Å². The van der Waals surface area contributed by atoms with E-state index in [2.05, 4.69) is 10.6 Å². The van der Waals surface area contributed by atoms with Gasteiger partial charge in [-0.15, -0.1) is 0 Å². The highest BCUT2D eigenvalue weighted by molar-refractivity contribution is 7.89. The van der Waals surface area contributed by atoms with Crippen molar-refractivity contribution in [1.82, 2.24) is 14.9 Å². The zero-order chi connectivity index (χ0) is 25.7. The molecule has 0 spiro atoms. The average molecular weight is 518 g/mol. The van der Waals surface area contributed by atoms with Crippen LogP contribution < -0.4 is 24.8 Å². The minimum atomic E-state index is -3.49. The van der Waals surface area contributed by atoms with Crippen LogP contribution in [0.15, 0.2) is 42.5 Å². The Labute approximate surface area is 211 Å². The van der Waals surface area contributed by atoms with Crippen molar-refractivity contribution in [2.24, 2.45) is 0 Å². The molecule has 3 heterocycles. The fourth-order valence-corrected chi connectivity index (χ4v) is 5.79. The van der Waals surface area contributed by atoms with Crippen molar-refractivity contribution < 1.29 is 32.2 Å². The topological polar surface area (TPSA) is 123 Å². The molecular formula is C25H31N3O7S. The van der Waals surface area contributed by atoms with E-state index in [4.69, 9.17) is 14.2 Å². The molecular weight excluding hydrogens is 486 g/mol. The molecule has 1 saturated heterocycles. The highest BCUT2D eigenvalue weighted by Crippen LogP contribution is 2.29. The fourth-order valence-electron chi connectivity index (χ4n) is 4.12. The Hall–Kier alpha value is -3.31. The Balaban J connectivity index is 1.65. The summed E-state index contributed by atoms with van der Waals surface area (Å²) in [6.07, 6.45) is 0.746. The van der Waals surface area contributed by atoms with E-state index in [0.717, 1.165) is 12.0 Å². The number of hydrogen-bond acceptors (Lipinski definition) is 7. The van der Waals surface area contributed by atoms with E-state index in [1.165, 1.54) is 17.5 Å². The molecule has 3 aliphatic rings. The van der Waals surface area contributed by atoms with Crippen LogP contribution in [-0.2, 0) is 21.4 Å². The van der Waals surface area contributed by atoms with E-state index in [0.29, 0.717) is 24.5 Å². The molecule has 2 aromatic carbocycles. The average Bonchev–Trinajstić information content (AvgIpc) is 3.28. The highest BCUT2D eigenvalue weighted by Gasteiger charge is 2.41. The van der Waals surface area contributed by atoms with E-state index in [1.54, 1.807) is 24.3 Å². The van der Waals surface area contributed by atoms with Crippen molar-refractivity contribution in [1.29, 1.82) is 0 Å². The smallest absolute Gasteiger partial charge is 0.258 e. The van der Waals surface area contributed by atoms with Crippen molar-refractivity contribution in [3.05, 3.63) is 53.6 Å². The van der Waals surface area contributed by atoms with E-state index in [-0.39, 0.29) is 42.7 Å². The molecule has 11 heteroatoms. The van der Waals surface area contributed by atoms with Crippen molar-refractivity contribution in [2.45, 2.75) is 38.5 Å². The van der Waals surface area contributed by atoms with E-state index in [9.17, 15) is 18.0 Å². The summed E-state index contributed by atoms with van der Waals surface area (Å²) in [7, 11) is -2.02. The van der Waals surface area contributed by atoms with Crippen LogP contribution in [-0.4, -0.2) is 69.2 Å². The van der Waals surface area contributed by atoms with Gasteiger partial charge in [0.1, 0.15) is 11.9 Å². The Morgan fingerprint density at radius 1 is 1.11 bits per heavy atom. The molecule has 5 rings (SSSR count). The number of carbonyl (C=O) groups excluding carboxylic acids is 2. The number of amides is 2. The molecule has 1 fully saturated rings. The lowest BCUT2D eigenvalue weighted by Gasteiger charge is -2.21. The summed E-state index contributed by atoms with van der Waals surface area (Å²) in [4.78, 5) is 25.4. The third-order valence-corrected chi connectivity index (χ3v) is 8.07. The number of rotatable bonds is 5. The van der Waals surface area contributed by atoms with Crippen LogP contribution in [0.3, 0.4) is 0 Å². The zero-order valence-corrected chi connectivity index (χ0v) is 21.2. The van der Waals surface area contributed by atoms with Crippen LogP contribution in [0.1, 0.15) is 35.7 Å². The minimum Gasteiger partial charge on any atom is -0.493 e. The first kappa shape index (κ1) is 25.8. The number of unbranched alkanes of at least 4 members (excludes halogenated alkanes) is 1. The van der Waals surface area contributed by atoms with Gasteiger partial charge < -0.3 is 24.8 Å². The van der Waals surface area contributed by atoms with Gasteiger partial charge in [0, 0.05) is 18.7 Å². The van der Waals surface area contributed by atoms with Gasteiger partial charge in [0.15, 0.2) is 18.1 Å². The predicted octanol–water partition coefficient (Wildman–Crippen LogP) is 1.70. The summed E-state index contributed by atoms with van der Waals surface area (Å²) in [5.41, 5.74) is 1.14. The molecule has 0 unspecified atom stereocenters. The van der Waals surface area contributed by atoms with Gasteiger partial charge in [-0.2, -0.15) is 4.31 Å². The molecule has 36 heavy (non-hydrogen) atoms. The monoisotopic (exact) mass is 517 g/mol. The Kier molecular flexibility index (Phi) is 8.00. The maximum atomic E-state index is 13.2. The SMILES string of the molecule is CCCCS(=O)(=O)N1C[C@@H]2NC(=O)c3ccc(OC)c(c3)OCC(=O)NCc3ccc(cc3)O[C@H]2C1. The molecule has 2 amide bonds. The number of hydrogen-bond donors (Lipinski definition) is 2. The van der Waals surface area contributed by atoms with Gasteiger partial charge in [0.25, 0.3) is 11.8 Å². The molecule has 2 N–H and O–H groups in total. The van der Waals surface area contributed by atoms with Crippen LogP contribution >= 0.6 is 0 Å². The number of benzene rings is 2. The Bertz CT molecular complexity index is 1200. The Morgan fingerprint density at radius 2 is 1.89 bits per heavy atom. The fraction of sp³-hybridized carbons (Fsp3) is 0.440. The quantitative estimate of drug-likeness (QED) is 0.619. The molecule has 194 valence electrons. The number of fused-ring (bicyclic) bond motifs is 7. The van der Waals surface area contributed by atoms with Gasteiger partial charge in [-0.05, 0) is 42.3 Å². The summed E-state index contributed by atoms with van der Waals surface area (Å²) in [6.45, 7) is 2.23. The van der Waals surface area contributed by atoms with Crippen molar-refractivity contribution in [3.8, 4) is 17.2 Å². The van der Waals surface area contributed by atoms with Gasteiger partial charge in [0.2, 0.25) is 10.0 Å². The van der Waals surface area contributed by atoms with Crippen LogP contribution in [0.4, 0.5) is 0 Å². The van der Waals surface area contributed by atoms with Crippen LogP contribution in [0.5, 0.6) is 17.2 Å². The number of methoxy groups -OCH3 is 1. The largest absolute Gasteiger partial charge is 0.493 e. The molecule has 10 nitrogen and oxygen atoms in total. The van der Waals surface area contributed by atoms with Crippen molar-refractivity contribution in [2.75, 3.05) is 32.6 Å². The summed E-state index contributed by atoms with van der Waals surface area (Å²) < 4.78 is 44.3. The van der Waals surface area contributed by atoms with Crippen molar-refractivity contribution in [3.63, 3.8) is 0 Å². The first-order valence-electron chi connectivity index (χ1n) is 11.9. The first-order chi connectivity index (χ1) is 17.3. The third kappa shape index (κ3) is 6.08. The second-order valence-electron chi connectivity index (χ2n) is 8.80. The molecule has 0 saturated carbocycles. The van der Waals surface area contributed by atoms with Gasteiger partial charge >= 0.3 is 0 Å². The molecule has 2 atom stereocenters. The lowest BCUT2D eigenvalue weighted by Crippen LogP contribution is -2.45. The van der Waals surface area contributed by atoms with E-state index >= 15 is 0 Å². The number of ether oxygens (including phenoxy) is 3. The minimum absolute atomic E-state index is 0.0521.